The third-order valence-corrected chi connectivity index (χ3v) is 1.87. The quantitative estimate of drug-likeness (QED) is 0.301. The SMILES string of the molecule is CCCNC(CCO)C(=O)O.NC(CO)C(=O)O. The standard InChI is InChI=1S/C7H15NO3.C3H7NO3/c1-2-4-8-6(3-5-9)7(10)11;4-2(1-5)3(6)7/h6,8-9H,2-5H2,1H3,(H,10,11);2,5H,1,4H2,(H,6,7). The van der Waals surface area contributed by atoms with Crippen LogP contribution in [0.5, 0.6) is 0 Å². The van der Waals surface area contributed by atoms with Gasteiger partial charge in [0.1, 0.15) is 12.1 Å². The van der Waals surface area contributed by atoms with Gasteiger partial charge in [0.15, 0.2) is 0 Å². The van der Waals surface area contributed by atoms with Gasteiger partial charge in [-0.25, -0.2) is 0 Å². The Morgan fingerprint density at radius 2 is 1.78 bits per heavy atom. The average molecular weight is 266 g/mol. The van der Waals surface area contributed by atoms with Gasteiger partial charge < -0.3 is 31.5 Å². The molecule has 0 bridgehead atoms. The Kier molecular flexibility index (Phi) is 13.0. The lowest BCUT2D eigenvalue weighted by atomic mass is 10.2. The van der Waals surface area contributed by atoms with Crippen LogP contribution in [0.3, 0.4) is 0 Å². The molecule has 0 saturated carbocycles. The maximum absolute atomic E-state index is 10.4. The molecule has 0 fully saturated rings. The Bertz CT molecular complexity index is 236. The molecular formula is C10H22N2O6. The topological polar surface area (TPSA) is 153 Å². The predicted octanol–water partition coefficient (Wildman–Crippen LogP) is -1.79. The number of carbonyl (C=O) groups is 2. The average Bonchev–Trinajstić information content (AvgIpc) is 2.33. The summed E-state index contributed by atoms with van der Waals surface area (Å²) in [7, 11) is 0. The maximum atomic E-state index is 10.4. The number of hydrogen-bond acceptors (Lipinski definition) is 6. The van der Waals surface area contributed by atoms with Crippen molar-refractivity contribution in [1.29, 1.82) is 0 Å². The summed E-state index contributed by atoms with van der Waals surface area (Å²) >= 11 is 0. The molecule has 8 nitrogen and oxygen atoms in total. The molecule has 2 unspecified atom stereocenters. The summed E-state index contributed by atoms with van der Waals surface area (Å²) in [6.07, 6.45) is 1.17. The summed E-state index contributed by atoms with van der Waals surface area (Å²) in [6.45, 7) is 2.05. The highest BCUT2D eigenvalue weighted by molar-refractivity contribution is 5.73. The number of aliphatic hydroxyl groups is 2. The zero-order chi connectivity index (χ0) is 14.6. The Morgan fingerprint density at radius 1 is 1.22 bits per heavy atom. The molecule has 0 spiro atoms. The van der Waals surface area contributed by atoms with Crippen LogP contribution in [-0.2, 0) is 9.59 Å². The predicted molar refractivity (Wildman–Crippen MR) is 64.1 cm³/mol. The monoisotopic (exact) mass is 266 g/mol. The molecule has 7 N–H and O–H groups in total. The van der Waals surface area contributed by atoms with Crippen LogP contribution in [0.15, 0.2) is 0 Å². The minimum absolute atomic E-state index is 0.0896. The summed E-state index contributed by atoms with van der Waals surface area (Å²) in [5.74, 6) is -2.07. The molecule has 108 valence electrons. The molecule has 18 heavy (non-hydrogen) atoms. The van der Waals surface area contributed by atoms with Crippen LogP contribution in [0.4, 0.5) is 0 Å². The lowest BCUT2D eigenvalue weighted by molar-refractivity contribution is -0.140. The Balaban J connectivity index is 0. The highest BCUT2D eigenvalue weighted by Gasteiger charge is 2.14. The summed E-state index contributed by atoms with van der Waals surface area (Å²) in [6, 6.07) is -1.72. The molecule has 0 aliphatic carbocycles. The largest absolute Gasteiger partial charge is 0.480 e. The molecule has 0 heterocycles. The van der Waals surface area contributed by atoms with Gasteiger partial charge in [0, 0.05) is 6.61 Å². The number of rotatable bonds is 8. The van der Waals surface area contributed by atoms with E-state index in [-0.39, 0.29) is 13.0 Å². The molecule has 0 saturated heterocycles. The molecule has 0 aliphatic rings. The van der Waals surface area contributed by atoms with Gasteiger partial charge >= 0.3 is 11.9 Å². The summed E-state index contributed by atoms with van der Waals surface area (Å²) in [5, 5.41) is 35.7. The van der Waals surface area contributed by atoms with Crippen LogP contribution in [-0.4, -0.2) is 64.2 Å². The second-order valence-electron chi connectivity index (χ2n) is 3.48. The van der Waals surface area contributed by atoms with Crippen LogP contribution in [0.1, 0.15) is 19.8 Å². The number of aliphatic carboxylic acids is 2. The van der Waals surface area contributed by atoms with E-state index in [0.29, 0.717) is 6.54 Å². The maximum Gasteiger partial charge on any atom is 0.322 e. The number of aliphatic hydroxyl groups excluding tert-OH is 2. The van der Waals surface area contributed by atoms with Gasteiger partial charge in [0.05, 0.1) is 6.61 Å². The van der Waals surface area contributed by atoms with Crippen LogP contribution in [0.2, 0.25) is 0 Å². The first-order chi connectivity index (χ1) is 8.40. The summed E-state index contributed by atoms with van der Waals surface area (Å²) in [5.41, 5.74) is 4.77. The van der Waals surface area contributed by atoms with E-state index in [1.165, 1.54) is 0 Å². The van der Waals surface area contributed by atoms with Crippen molar-refractivity contribution in [3.8, 4) is 0 Å². The zero-order valence-electron chi connectivity index (χ0n) is 10.4. The van der Waals surface area contributed by atoms with Crippen molar-refractivity contribution in [2.75, 3.05) is 19.8 Å². The Morgan fingerprint density at radius 3 is 2.00 bits per heavy atom. The van der Waals surface area contributed by atoms with E-state index in [0.717, 1.165) is 6.42 Å². The van der Waals surface area contributed by atoms with Crippen LogP contribution >= 0.6 is 0 Å². The first-order valence-corrected chi connectivity index (χ1v) is 5.56. The van der Waals surface area contributed by atoms with Crippen molar-refractivity contribution >= 4 is 11.9 Å². The molecule has 0 aromatic rings. The number of carboxylic acid groups (broad SMARTS) is 2. The van der Waals surface area contributed by atoms with Gasteiger partial charge in [-0.15, -0.1) is 0 Å². The second-order valence-corrected chi connectivity index (χ2v) is 3.48. The molecule has 0 radical (unpaired) electrons. The van der Waals surface area contributed by atoms with Crippen molar-refractivity contribution in [3.05, 3.63) is 0 Å². The molecular weight excluding hydrogens is 244 g/mol. The fourth-order valence-corrected chi connectivity index (χ4v) is 0.839. The molecule has 0 amide bonds. The number of nitrogens with one attached hydrogen (secondary N) is 1. The minimum Gasteiger partial charge on any atom is -0.480 e. The lowest BCUT2D eigenvalue weighted by Gasteiger charge is -2.11. The number of nitrogens with two attached hydrogens (primary N) is 1. The van der Waals surface area contributed by atoms with Crippen LogP contribution < -0.4 is 11.1 Å². The molecule has 2 atom stereocenters. The fourth-order valence-electron chi connectivity index (χ4n) is 0.839. The van der Waals surface area contributed by atoms with E-state index in [2.05, 4.69) is 5.32 Å². The Labute approximate surface area is 105 Å². The van der Waals surface area contributed by atoms with Crippen molar-refractivity contribution in [2.45, 2.75) is 31.8 Å². The van der Waals surface area contributed by atoms with Gasteiger partial charge in [0.25, 0.3) is 0 Å². The second kappa shape index (κ2) is 12.2. The molecule has 0 aromatic heterocycles. The van der Waals surface area contributed by atoms with E-state index in [9.17, 15) is 9.59 Å². The molecule has 8 heteroatoms. The van der Waals surface area contributed by atoms with E-state index in [1.54, 1.807) is 0 Å². The highest BCUT2D eigenvalue weighted by Crippen LogP contribution is 1.90. The van der Waals surface area contributed by atoms with Crippen molar-refractivity contribution in [3.63, 3.8) is 0 Å². The van der Waals surface area contributed by atoms with Gasteiger partial charge in [-0.1, -0.05) is 6.92 Å². The number of hydrogen-bond donors (Lipinski definition) is 6. The fraction of sp³-hybridized carbons (Fsp3) is 0.800. The third-order valence-electron chi connectivity index (χ3n) is 1.87. The summed E-state index contributed by atoms with van der Waals surface area (Å²) in [4.78, 5) is 20.1. The Hall–Kier alpha value is -1.22. The first kappa shape index (κ1) is 19.1. The van der Waals surface area contributed by atoms with E-state index in [1.807, 2.05) is 6.92 Å². The third kappa shape index (κ3) is 11.3. The van der Waals surface area contributed by atoms with Gasteiger partial charge in [0.2, 0.25) is 0 Å². The van der Waals surface area contributed by atoms with Crippen LogP contribution in [0, 0.1) is 0 Å². The highest BCUT2D eigenvalue weighted by atomic mass is 16.4. The van der Waals surface area contributed by atoms with E-state index < -0.39 is 30.6 Å². The van der Waals surface area contributed by atoms with Gasteiger partial charge in [-0.05, 0) is 19.4 Å². The molecule has 0 rings (SSSR count). The molecule has 0 aliphatic heterocycles. The smallest absolute Gasteiger partial charge is 0.322 e. The first-order valence-electron chi connectivity index (χ1n) is 5.56. The van der Waals surface area contributed by atoms with Crippen molar-refractivity contribution in [2.24, 2.45) is 5.73 Å². The van der Waals surface area contributed by atoms with Crippen LogP contribution in [0.25, 0.3) is 0 Å². The minimum atomic E-state index is -1.18. The lowest BCUT2D eigenvalue weighted by Crippen LogP contribution is -2.37. The number of carboxylic acids is 2. The molecule has 0 aromatic carbocycles. The summed E-state index contributed by atoms with van der Waals surface area (Å²) < 4.78 is 0. The van der Waals surface area contributed by atoms with E-state index in [4.69, 9.17) is 26.2 Å². The van der Waals surface area contributed by atoms with Crippen molar-refractivity contribution < 1.29 is 30.0 Å². The normalized spacial score (nSPS) is 13.1. The van der Waals surface area contributed by atoms with E-state index >= 15 is 0 Å². The zero-order valence-corrected chi connectivity index (χ0v) is 10.4. The van der Waals surface area contributed by atoms with Gasteiger partial charge in [-0.2, -0.15) is 0 Å². The van der Waals surface area contributed by atoms with Crippen molar-refractivity contribution in [1.82, 2.24) is 5.32 Å². The van der Waals surface area contributed by atoms with Gasteiger partial charge in [-0.3, -0.25) is 9.59 Å².